The maximum Gasteiger partial charge on any atom is 0.239 e. The summed E-state index contributed by atoms with van der Waals surface area (Å²) in [7, 11) is 0. The Hall–Kier alpha value is -0.620. The number of nitrogens with zero attached hydrogens (tertiary/aromatic N) is 3. The molecule has 1 saturated heterocycles. The Bertz CT molecular complexity index is 411. The van der Waals surface area contributed by atoms with Crippen molar-refractivity contribution in [2.75, 3.05) is 10.7 Å². The minimum absolute atomic E-state index is 0.182. The Labute approximate surface area is 135 Å². The SMILES string of the molecule is CCCCCCCCCCC1SCC(=O)N1c1nncs1. The minimum atomic E-state index is 0.182. The number of unbranched alkanes of at least 4 members (excludes halogenated alkanes) is 7. The van der Waals surface area contributed by atoms with Crippen molar-refractivity contribution in [3.8, 4) is 0 Å². The van der Waals surface area contributed by atoms with Gasteiger partial charge in [-0.3, -0.25) is 9.69 Å². The van der Waals surface area contributed by atoms with Crippen LogP contribution in [0.4, 0.5) is 5.13 Å². The molecule has 1 atom stereocenters. The molecule has 1 aliphatic heterocycles. The van der Waals surface area contributed by atoms with Crippen molar-refractivity contribution in [1.29, 1.82) is 0 Å². The van der Waals surface area contributed by atoms with Gasteiger partial charge in [0.05, 0.1) is 11.1 Å². The molecule has 6 heteroatoms. The number of hydrogen-bond donors (Lipinski definition) is 0. The van der Waals surface area contributed by atoms with Crippen molar-refractivity contribution in [1.82, 2.24) is 10.2 Å². The van der Waals surface area contributed by atoms with Gasteiger partial charge in [-0.1, -0.05) is 69.6 Å². The second-order valence-electron chi connectivity index (χ2n) is 5.51. The Kier molecular flexibility index (Phi) is 7.50. The van der Waals surface area contributed by atoms with E-state index in [2.05, 4.69) is 17.1 Å². The quantitative estimate of drug-likeness (QED) is 0.595. The summed E-state index contributed by atoms with van der Waals surface area (Å²) in [6, 6.07) is 0. The molecule has 118 valence electrons. The van der Waals surface area contributed by atoms with Crippen molar-refractivity contribution in [3.63, 3.8) is 0 Å². The van der Waals surface area contributed by atoms with Gasteiger partial charge in [-0.2, -0.15) is 0 Å². The number of carbonyl (C=O) groups excluding carboxylic acids is 1. The van der Waals surface area contributed by atoms with E-state index in [1.807, 2.05) is 4.90 Å². The lowest BCUT2D eigenvalue weighted by atomic mass is 10.1. The molecule has 1 aromatic rings. The molecule has 4 nitrogen and oxygen atoms in total. The van der Waals surface area contributed by atoms with Crippen LogP contribution in [-0.2, 0) is 4.79 Å². The fraction of sp³-hybridized carbons (Fsp3) is 0.800. The number of amides is 1. The maximum absolute atomic E-state index is 12.0. The third-order valence-electron chi connectivity index (χ3n) is 3.82. The van der Waals surface area contributed by atoms with Crippen molar-refractivity contribution < 1.29 is 4.79 Å². The summed E-state index contributed by atoms with van der Waals surface area (Å²) in [5.41, 5.74) is 1.69. The van der Waals surface area contributed by atoms with Gasteiger partial charge >= 0.3 is 0 Å². The predicted molar refractivity (Wildman–Crippen MR) is 90.9 cm³/mol. The summed E-state index contributed by atoms with van der Waals surface area (Å²) >= 11 is 3.20. The Balaban J connectivity index is 1.63. The average Bonchev–Trinajstić information content (AvgIpc) is 3.11. The Morgan fingerprint density at radius 1 is 1.19 bits per heavy atom. The molecular weight excluding hydrogens is 302 g/mol. The van der Waals surface area contributed by atoms with Crippen LogP contribution in [-0.4, -0.2) is 27.2 Å². The standard InChI is InChI=1S/C15H25N3OS2/c1-2-3-4-5-6-7-8-9-10-14-18(13(19)11-20-14)15-17-16-12-21-15/h12,14H,2-11H2,1H3. The molecular formula is C15H25N3OS2. The van der Waals surface area contributed by atoms with E-state index in [0.717, 1.165) is 11.6 Å². The topological polar surface area (TPSA) is 46.1 Å². The van der Waals surface area contributed by atoms with Crippen LogP contribution < -0.4 is 4.90 Å². The van der Waals surface area contributed by atoms with E-state index in [4.69, 9.17) is 0 Å². The molecule has 21 heavy (non-hydrogen) atoms. The van der Waals surface area contributed by atoms with E-state index in [1.54, 1.807) is 17.3 Å². The number of rotatable bonds is 10. The molecule has 1 unspecified atom stereocenters. The molecule has 1 aliphatic rings. The van der Waals surface area contributed by atoms with Gasteiger partial charge in [0, 0.05) is 0 Å². The van der Waals surface area contributed by atoms with Gasteiger partial charge in [-0.25, -0.2) is 0 Å². The number of anilines is 1. The lowest BCUT2D eigenvalue weighted by molar-refractivity contribution is -0.115. The van der Waals surface area contributed by atoms with E-state index in [0.29, 0.717) is 5.75 Å². The summed E-state index contributed by atoms with van der Waals surface area (Å²) in [6.45, 7) is 2.25. The van der Waals surface area contributed by atoms with Crippen LogP contribution in [0.5, 0.6) is 0 Å². The zero-order valence-corrected chi connectivity index (χ0v) is 14.4. The highest BCUT2D eigenvalue weighted by Crippen LogP contribution is 2.34. The van der Waals surface area contributed by atoms with Crippen molar-refractivity contribution in [2.24, 2.45) is 0 Å². The van der Waals surface area contributed by atoms with Crippen molar-refractivity contribution >= 4 is 34.1 Å². The van der Waals surface area contributed by atoms with Gasteiger partial charge in [0.15, 0.2) is 0 Å². The Morgan fingerprint density at radius 2 is 1.90 bits per heavy atom. The van der Waals surface area contributed by atoms with Crippen LogP contribution in [0, 0.1) is 0 Å². The smallest absolute Gasteiger partial charge is 0.239 e. The third-order valence-corrected chi connectivity index (χ3v) is 5.75. The maximum atomic E-state index is 12.0. The predicted octanol–water partition coefficient (Wildman–Crippen LogP) is 4.47. The van der Waals surface area contributed by atoms with Gasteiger partial charge < -0.3 is 0 Å². The molecule has 0 N–H and O–H groups in total. The van der Waals surface area contributed by atoms with E-state index >= 15 is 0 Å². The highest BCUT2D eigenvalue weighted by atomic mass is 32.2. The first kappa shape index (κ1) is 16.7. The number of carbonyl (C=O) groups is 1. The molecule has 0 radical (unpaired) electrons. The fourth-order valence-electron chi connectivity index (χ4n) is 2.64. The largest absolute Gasteiger partial charge is 0.273 e. The lowest BCUT2D eigenvalue weighted by Crippen LogP contribution is -2.32. The monoisotopic (exact) mass is 327 g/mol. The summed E-state index contributed by atoms with van der Waals surface area (Å²) in [5.74, 6) is 0.766. The second kappa shape index (κ2) is 9.41. The molecule has 0 saturated carbocycles. The number of hydrogen-bond acceptors (Lipinski definition) is 5. The molecule has 0 aliphatic carbocycles. The molecule has 1 aromatic heterocycles. The zero-order valence-electron chi connectivity index (χ0n) is 12.8. The summed E-state index contributed by atoms with van der Waals surface area (Å²) in [4.78, 5) is 13.8. The molecule has 2 heterocycles. The van der Waals surface area contributed by atoms with Crippen LogP contribution in [0.3, 0.4) is 0 Å². The van der Waals surface area contributed by atoms with Crippen molar-refractivity contribution in [2.45, 2.75) is 70.1 Å². The summed E-state index contributed by atoms with van der Waals surface area (Å²) in [5, 5.41) is 8.92. The highest BCUT2D eigenvalue weighted by molar-refractivity contribution is 8.01. The van der Waals surface area contributed by atoms with Crippen LogP contribution in [0.15, 0.2) is 5.51 Å². The van der Waals surface area contributed by atoms with Crippen molar-refractivity contribution in [3.05, 3.63) is 5.51 Å². The van der Waals surface area contributed by atoms with E-state index in [1.165, 1.54) is 62.7 Å². The minimum Gasteiger partial charge on any atom is -0.273 e. The molecule has 0 aromatic carbocycles. The van der Waals surface area contributed by atoms with Gasteiger partial charge in [0.2, 0.25) is 11.0 Å². The lowest BCUT2D eigenvalue weighted by Gasteiger charge is -2.20. The van der Waals surface area contributed by atoms with Gasteiger partial charge in [-0.15, -0.1) is 22.0 Å². The molecule has 1 amide bonds. The second-order valence-corrected chi connectivity index (χ2v) is 7.49. The molecule has 0 spiro atoms. The highest BCUT2D eigenvalue weighted by Gasteiger charge is 2.34. The van der Waals surface area contributed by atoms with Gasteiger partial charge in [0.1, 0.15) is 5.51 Å². The zero-order chi connectivity index (χ0) is 14.9. The molecule has 0 bridgehead atoms. The van der Waals surface area contributed by atoms with Crippen LogP contribution >= 0.6 is 23.1 Å². The van der Waals surface area contributed by atoms with Crippen LogP contribution in [0.2, 0.25) is 0 Å². The van der Waals surface area contributed by atoms with Crippen LogP contribution in [0.25, 0.3) is 0 Å². The Morgan fingerprint density at radius 3 is 2.57 bits per heavy atom. The number of thioether (sulfide) groups is 1. The third kappa shape index (κ3) is 5.25. The normalized spacial score (nSPS) is 18.6. The van der Waals surface area contributed by atoms with E-state index in [9.17, 15) is 4.79 Å². The van der Waals surface area contributed by atoms with Crippen LogP contribution in [0.1, 0.15) is 64.7 Å². The summed E-state index contributed by atoms with van der Waals surface area (Å²) in [6.07, 6.45) is 11.7. The first-order valence-corrected chi connectivity index (χ1v) is 9.95. The molecule has 1 fully saturated rings. The summed E-state index contributed by atoms with van der Waals surface area (Å²) < 4.78 is 0. The van der Waals surface area contributed by atoms with E-state index < -0.39 is 0 Å². The average molecular weight is 328 g/mol. The first-order chi connectivity index (χ1) is 10.3. The first-order valence-electron chi connectivity index (χ1n) is 8.02. The fourth-order valence-corrected chi connectivity index (χ4v) is 4.51. The number of aromatic nitrogens is 2. The molecule has 2 rings (SSSR count). The van der Waals surface area contributed by atoms with E-state index in [-0.39, 0.29) is 11.3 Å². The van der Waals surface area contributed by atoms with Gasteiger partial charge in [-0.05, 0) is 6.42 Å². The van der Waals surface area contributed by atoms with Gasteiger partial charge in [0.25, 0.3) is 0 Å².